The van der Waals surface area contributed by atoms with Gasteiger partial charge in [0.05, 0.1) is 21.3 Å². The van der Waals surface area contributed by atoms with E-state index in [1.807, 2.05) is 0 Å². The minimum atomic E-state index is -1.35. The van der Waals surface area contributed by atoms with Crippen molar-refractivity contribution in [2.75, 3.05) is 12.9 Å². The van der Waals surface area contributed by atoms with Crippen LogP contribution in [0, 0.1) is 5.82 Å². The molecule has 2 aromatic rings. The predicted octanol–water partition coefficient (Wildman–Crippen LogP) is 2.91. The summed E-state index contributed by atoms with van der Waals surface area (Å²) >= 11 is 0. The van der Waals surface area contributed by atoms with Gasteiger partial charge in [0.1, 0.15) is 5.82 Å². The second kappa shape index (κ2) is 8.43. The molecule has 0 radical (unpaired) electrons. The summed E-state index contributed by atoms with van der Waals surface area (Å²) in [6.45, 7) is -0.294. The van der Waals surface area contributed by atoms with Gasteiger partial charge >= 0.3 is 5.97 Å². The summed E-state index contributed by atoms with van der Waals surface area (Å²) in [4.78, 5) is 26.8. The van der Waals surface area contributed by atoms with Crippen LogP contribution >= 0.6 is 0 Å². The fraction of sp³-hybridized carbons (Fsp3) is 0.300. The lowest BCUT2D eigenvalue weighted by molar-refractivity contribution is -0.135. The summed E-state index contributed by atoms with van der Waals surface area (Å²) in [6.07, 6.45) is 3.18. The van der Waals surface area contributed by atoms with Crippen molar-refractivity contribution in [3.05, 3.63) is 65.5 Å². The Bertz CT molecular complexity index is 882. The van der Waals surface area contributed by atoms with E-state index in [4.69, 9.17) is 4.74 Å². The molecule has 0 heterocycles. The van der Waals surface area contributed by atoms with Gasteiger partial charge in [-0.3, -0.25) is 9.00 Å². The normalized spacial score (nSPS) is 14.4. The third-order valence-corrected chi connectivity index (χ3v) is 5.33. The molecule has 5 nitrogen and oxygen atoms in total. The topological polar surface area (TPSA) is 63.7 Å². The molecule has 0 saturated heterocycles. The Labute approximate surface area is 159 Å². The second-order valence-electron chi connectivity index (χ2n) is 6.37. The highest BCUT2D eigenvalue weighted by molar-refractivity contribution is 7.84. The van der Waals surface area contributed by atoms with Gasteiger partial charge < -0.3 is 9.64 Å². The highest BCUT2D eigenvalue weighted by atomic mass is 32.2. The SMILES string of the molecule is C[S@](=O)c1ccccc1C(=O)OCC(=O)N(Cc1ccccc1F)C1CC1. The molecule has 2 aromatic carbocycles. The van der Waals surface area contributed by atoms with Crippen molar-refractivity contribution in [1.29, 1.82) is 0 Å². The molecule has 27 heavy (non-hydrogen) atoms. The molecule has 7 heteroatoms. The summed E-state index contributed by atoms with van der Waals surface area (Å²) in [7, 11) is -1.35. The molecule has 1 aliphatic rings. The largest absolute Gasteiger partial charge is 0.452 e. The molecular formula is C20H20FNO4S. The molecular weight excluding hydrogens is 369 g/mol. The van der Waals surface area contributed by atoms with Crippen molar-refractivity contribution in [3.63, 3.8) is 0 Å². The third-order valence-electron chi connectivity index (χ3n) is 4.35. The van der Waals surface area contributed by atoms with Crippen molar-refractivity contribution in [1.82, 2.24) is 4.90 Å². The predicted molar refractivity (Wildman–Crippen MR) is 99.0 cm³/mol. The Morgan fingerprint density at radius 1 is 1.15 bits per heavy atom. The number of ether oxygens (including phenoxy) is 1. The molecule has 0 spiro atoms. The second-order valence-corrected chi connectivity index (χ2v) is 7.72. The Morgan fingerprint density at radius 3 is 2.48 bits per heavy atom. The maximum absolute atomic E-state index is 13.9. The van der Waals surface area contributed by atoms with E-state index in [1.54, 1.807) is 41.3 Å². The van der Waals surface area contributed by atoms with Gasteiger partial charge in [-0.15, -0.1) is 0 Å². The van der Waals surface area contributed by atoms with Gasteiger partial charge in [0.25, 0.3) is 5.91 Å². The first-order valence-corrected chi connectivity index (χ1v) is 10.2. The van der Waals surface area contributed by atoms with Gasteiger partial charge in [0.15, 0.2) is 6.61 Å². The first-order valence-electron chi connectivity index (χ1n) is 8.60. The number of benzene rings is 2. The van der Waals surface area contributed by atoms with Gasteiger partial charge in [0, 0.05) is 24.4 Å². The number of carbonyl (C=O) groups excluding carboxylic acids is 2. The van der Waals surface area contributed by atoms with Gasteiger partial charge in [-0.25, -0.2) is 9.18 Å². The molecule has 1 aliphatic carbocycles. The molecule has 0 N–H and O–H groups in total. The van der Waals surface area contributed by atoms with Crippen molar-refractivity contribution < 1.29 is 22.9 Å². The number of carbonyl (C=O) groups is 2. The van der Waals surface area contributed by atoms with E-state index >= 15 is 0 Å². The molecule has 1 fully saturated rings. The average molecular weight is 389 g/mol. The van der Waals surface area contributed by atoms with E-state index in [0.717, 1.165) is 12.8 Å². The fourth-order valence-corrected chi connectivity index (χ4v) is 3.52. The summed E-state index contributed by atoms with van der Waals surface area (Å²) in [5.74, 6) is -1.44. The molecule has 1 atom stereocenters. The van der Waals surface area contributed by atoms with Crippen LogP contribution in [-0.2, 0) is 26.9 Å². The Balaban J connectivity index is 1.66. The van der Waals surface area contributed by atoms with Crippen molar-refractivity contribution in [2.45, 2.75) is 30.3 Å². The maximum atomic E-state index is 13.9. The smallest absolute Gasteiger partial charge is 0.339 e. The van der Waals surface area contributed by atoms with Crippen LogP contribution in [0.4, 0.5) is 4.39 Å². The lowest BCUT2D eigenvalue weighted by atomic mass is 10.2. The third kappa shape index (κ3) is 4.80. The molecule has 142 valence electrons. The number of hydrogen-bond acceptors (Lipinski definition) is 4. The van der Waals surface area contributed by atoms with E-state index in [9.17, 15) is 18.2 Å². The van der Waals surface area contributed by atoms with Crippen molar-refractivity contribution in [3.8, 4) is 0 Å². The van der Waals surface area contributed by atoms with E-state index in [-0.39, 0.29) is 29.9 Å². The summed E-state index contributed by atoms with van der Waals surface area (Å²) < 4.78 is 30.8. The summed E-state index contributed by atoms with van der Waals surface area (Å²) in [5, 5.41) is 0. The fourth-order valence-electron chi connectivity index (χ4n) is 2.79. The number of hydrogen-bond donors (Lipinski definition) is 0. The van der Waals surface area contributed by atoms with Crippen molar-refractivity contribution in [2.24, 2.45) is 0 Å². The van der Waals surface area contributed by atoms with Gasteiger partial charge in [-0.05, 0) is 31.0 Å². The first-order chi connectivity index (χ1) is 13.0. The van der Waals surface area contributed by atoms with E-state index in [0.29, 0.717) is 10.5 Å². The lowest BCUT2D eigenvalue weighted by Crippen LogP contribution is -2.36. The maximum Gasteiger partial charge on any atom is 0.339 e. The van der Waals surface area contributed by atoms with Gasteiger partial charge in [0.2, 0.25) is 0 Å². The molecule has 0 bridgehead atoms. The van der Waals surface area contributed by atoms with E-state index < -0.39 is 23.4 Å². The average Bonchev–Trinajstić information content (AvgIpc) is 3.50. The summed E-state index contributed by atoms with van der Waals surface area (Å²) in [6, 6.07) is 12.8. The number of nitrogens with zero attached hydrogens (tertiary/aromatic N) is 1. The molecule has 1 amide bonds. The standard InChI is InChI=1S/C20H20FNO4S/c1-27(25)18-9-5-3-7-16(18)20(24)26-13-19(23)22(15-10-11-15)12-14-6-2-4-8-17(14)21/h2-9,15H,10-13H2,1H3/t27-/m0/s1. The highest BCUT2D eigenvalue weighted by Gasteiger charge is 2.33. The Kier molecular flexibility index (Phi) is 6.01. The Hall–Kier alpha value is -2.54. The highest BCUT2D eigenvalue weighted by Crippen LogP contribution is 2.29. The lowest BCUT2D eigenvalue weighted by Gasteiger charge is -2.22. The molecule has 0 aromatic heterocycles. The number of rotatable bonds is 7. The minimum Gasteiger partial charge on any atom is -0.452 e. The molecule has 0 unspecified atom stereocenters. The summed E-state index contributed by atoms with van der Waals surface area (Å²) in [5.41, 5.74) is 0.606. The zero-order valence-corrected chi connectivity index (χ0v) is 15.7. The minimum absolute atomic E-state index is 0.0474. The Morgan fingerprint density at radius 2 is 1.81 bits per heavy atom. The number of esters is 1. The molecule has 1 saturated carbocycles. The molecule has 3 rings (SSSR count). The van der Waals surface area contributed by atoms with Crippen LogP contribution in [0.2, 0.25) is 0 Å². The van der Waals surface area contributed by atoms with E-state index in [1.165, 1.54) is 18.4 Å². The van der Waals surface area contributed by atoms with Crippen LogP contribution in [0.15, 0.2) is 53.4 Å². The molecule has 0 aliphatic heterocycles. The quantitative estimate of drug-likeness (QED) is 0.683. The van der Waals surface area contributed by atoms with E-state index in [2.05, 4.69) is 0 Å². The number of halogens is 1. The van der Waals surface area contributed by atoms with Gasteiger partial charge in [-0.2, -0.15) is 0 Å². The van der Waals surface area contributed by atoms with Crippen LogP contribution in [-0.4, -0.2) is 39.9 Å². The van der Waals surface area contributed by atoms with Crippen LogP contribution in [0.25, 0.3) is 0 Å². The van der Waals surface area contributed by atoms with Crippen LogP contribution in [0.5, 0.6) is 0 Å². The first kappa shape index (κ1) is 19.2. The van der Waals surface area contributed by atoms with Crippen LogP contribution in [0.1, 0.15) is 28.8 Å². The zero-order valence-electron chi connectivity index (χ0n) is 14.9. The monoisotopic (exact) mass is 389 g/mol. The van der Waals surface area contributed by atoms with Crippen LogP contribution < -0.4 is 0 Å². The number of amides is 1. The van der Waals surface area contributed by atoms with Crippen LogP contribution in [0.3, 0.4) is 0 Å². The zero-order chi connectivity index (χ0) is 19.4. The van der Waals surface area contributed by atoms with Crippen molar-refractivity contribution >= 4 is 22.7 Å². The van der Waals surface area contributed by atoms with Gasteiger partial charge in [-0.1, -0.05) is 30.3 Å².